The molecule has 0 saturated carbocycles. The molecule has 0 aromatic heterocycles. The van der Waals surface area contributed by atoms with Crippen molar-refractivity contribution >= 4 is 0 Å². The molecule has 74 valence electrons. The number of rotatable bonds is 6. The van der Waals surface area contributed by atoms with Gasteiger partial charge in [-0.2, -0.15) is 13.2 Å². The predicted molar refractivity (Wildman–Crippen MR) is 42.1 cm³/mol. The first-order chi connectivity index (χ1) is 5.56. The van der Waals surface area contributed by atoms with Gasteiger partial charge in [-0.05, 0) is 33.0 Å². The van der Waals surface area contributed by atoms with E-state index in [0.29, 0.717) is 6.54 Å². The van der Waals surface area contributed by atoms with E-state index in [0.717, 1.165) is 19.4 Å². The molecule has 2 nitrogen and oxygen atoms in total. The van der Waals surface area contributed by atoms with Gasteiger partial charge in [0.25, 0.3) is 0 Å². The third kappa shape index (κ3) is 9.71. The van der Waals surface area contributed by atoms with Crippen molar-refractivity contribution in [2.75, 3.05) is 26.7 Å². The van der Waals surface area contributed by atoms with Crippen molar-refractivity contribution in [2.45, 2.75) is 19.0 Å². The van der Waals surface area contributed by atoms with Gasteiger partial charge in [0, 0.05) is 0 Å². The van der Waals surface area contributed by atoms with Crippen LogP contribution in [0, 0.1) is 0 Å². The highest BCUT2D eigenvalue weighted by Crippen LogP contribution is 2.11. The lowest BCUT2D eigenvalue weighted by Gasteiger charge is -2.07. The number of nitrogens with one attached hydrogen (secondary N) is 2. The van der Waals surface area contributed by atoms with Crippen LogP contribution in [0.25, 0.3) is 0 Å². The first kappa shape index (κ1) is 11.7. The Labute approximate surface area is 70.5 Å². The third-order valence-corrected chi connectivity index (χ3v) is 1.36. The fraction of sp³-hybridized carbons (Fsp3) is 1.00. The fourth-order valence-corrected chi connectivity index (χ4v) is 0.782. The van der Waals surface area contributed by atoms with Gasteiger partial charge in [-0.25, -0.2) is 0 Å². The average molecular weight is 184 g/mol. The van der Waals surface area contributed by atoms with Gasteiger partial charge in [0.2, 0.25) is 0 Å². The van der Waals surface area contributed by atoms with E-state index in [1.165, 1.54) is 0 Å². The van der Waals surface area contributed by atoms with E-state index in [2.05, 4.69) is 10.6 Å². The van der Waals surface area contributed by atoms with Crippen LogP contribution in [0.5, 0.6) is 0 Å². The van der Waals surface area contributed by atoms with E-state index in [1.54, 1.807) is 0 Å². The van der Waals surface area contributed by atoms with Crippen molar-refractivity contribution < 1.29 is 13.2 Å². The van der Waals surface area contributed by atoms with Gasteiger partial charge in [0.1, 0.15) is 0 Å². The van der Waals surface area contributed by atoms with Crippen molar-refractivity contribution in [1.29, 1.82) is 0 Å². The number of alkyl halides is 3. The van der Waals surface area contributed by atoms with Crippen molar-refractivity contribution in [2.24, 2.45) is 0 Å². The van der Waals surface area contributed by atoms with Crippen molar-refractivity contribution in [3.05, 3.63) is 0 Å². The average Bonchev–Trinajstić information content (AvgIpc) is 1.94. The number of unbranched alkanes of at least 4 members (excludes halogenated alkanes) is 1. The zero-order valence-corrected chi connectivity index (χ0v) is 7.17. The zero-order valence-electron chi connectivity index (χ0n) is 7.17. The number of hydrogen-bond donors (Lipinski definition) is 2. The molecule has 0 aromatic rings. The number of halogens is 3. The molecule has 5 heteroatoms. The van der Waals surface area contributed by atoms with E-state index in [-0.39, 0.29) is 0 Å². The maximum Gasteiger partial charge on any atom is 0.401 e. The summed E-state index contributed by atoms with van der Waals surface area (Å²) in [4.78, 5) is 0. The van der Waals surface area contributed by atoms with E-state index in [1.807, 2.05) is 7.05 Å². The lowest BCUT2D eigenvalue weighted by Crippen LogP contribution is -2.29. The molecule has 0 aliphatic heterocycles. The highest BCUT2D eigenvalue weighted by Gasteiger charge is 2.25. The van der Waals surface area contributed by atoms with Gasteiger partial charge in [-0.1, -0.05) is 0 Å². The molecule has 0 fully saturated rings. The van der Waals surface area contributed by atoms with Crippen molar-refractivity contribution in [3.63, 3.8) is 0 Å². The van der Waals surface area contributed by atoms with Crippen LogP contribution in [0.1, 0.15) is 12.8 Å². The maximum absolute atomic E-state index is 11.6. The van der Waals surface area contributed by atoms with Crippen molar-refractivity contribution in [1.82, 2.24) is 10.6 Å². The maximum atomic E-state index is 11.6. The van der Waals surface area contributed by atoms with E-state index in [9.17, 15) is 13.2 Å². The monoisotopic (exact) mass is 184 g/mol. The Balaban J connectivity index is 3.01. The summed E-state index contributed by atoms with van der Waals surface area (Å²) in [7, 11) is 1.82. The molecule has 0 radical (unpaired) electrons. The summed E-state index contributed by atoms with van der Waals surface area (Å²) < 4.78 is 34.7. The smallest absolute Gasteiger partial charge is 0.320 e. The molecule has 0 spiro atoms. The van der Waals surface area contributed by atoms with Crippen LogP contribution >= 0.6 is 0 Å². The molecule has 0 amide bonds. The summed E-state index contributed by atoms with van der Waals surface area (Å²) in [5, 5.41) is 5.26. The normalized spacial score (nSPS) is 12.0. The third-order valence-electron chi connectivity index (χ3n) is 1.36. The Morgan fingerprint density at radius 3 is 2.17 bits per heavy atom. The molecule has 0 heterocycles. The van der Waals surface area contributed by atoms with E-state index >= 15 is 0 Å². The van der Waals surface area contributed by atoms with Gasteiger partial charge in [-0.3, -0.25) is 0 Å². The van der Waals surface area contributed by atoms with Gasteiger partial charge in [0.05, 0.1) is 6.54 Å². The Hall–Kier alpha value is -0.290. The molecule has 12 heavy (non-hydrogen) atoms. The quantitative estimate of drug-likeness (QED) is 0.605. The Bertz CT molecular complexity index is 103. The van der Waals surface area contributed by atoms with Gasteiger partial charge >= 0.3 is 6.18 Å². The number of hydrogen-bond acceptors (Lipinski definition) is 2. The fourth-order valence-electron chi connectivity index (χ4n) is 0.782. The van der Waals surface area contributed by atoms with Crippen LogP contribution in [-0.2, 0) is 0 Å². The van der Waals surface area contributed by atoms with Crippen LogP contribution in [0.4, 0.5) is 13.2 Å². The second-order valence-electron chi connectivity index (χ2n) is 2.60. The van der Waals surface area contributed by atoms with Crippen molar-refractivity contribution in [3.8, 4) is 0 Å². The Morgan fingerprint density at radius 1 is 1.08 bits per heavy atom. The first-order valence-corrected chi connectivity index (χ1v) is 3.98. The second-order valence-corrected chi connectivity index (χ2v) is 2.60. The summed E-state index contributed by atoms with van der Waals surface area (Å²) >= 11 is 0. The van der Waals surface area contributed by atoms with Crippen LogP contribution in [0.3, 0.4) is 0 Å². The minimum atomic E-state index is -4.08. The Kier molecular flexibility index (Phi) is 6.10. The molecular formula is C7H15F3N2. The molecule has 0 bridgehead atoms. The summed E-state index contributed by atoms with van der Waals surface area (Å²) in [5.74, 6) is 0. The lowest BCUT2D eigenvalue weighted by molar-refractivity contribution is -0.124. The zero-order chi connectivity index (χ0) is 9.45. The Morgan fingerprint density at radius 2 is 1.67 bits per heavy atom. The van der Waals surface area contributed by atoms with Crippen LogP contribution in [-0.4, -0.2) is 32.9 Å². The van der Waals surface area contributed by atoms with E-state index in [4.69, 9.17) is 0 Å². The van der Waals surface area contributed by atoms with E-state index < -0.39 is 12.7 Å². The molecule has 2 N–H and O–H groups in total. The lowest BCUT2D eigenvalue weighted by atomic mass is 10.3. The second kappa shape index (κ2) is 6.25. The van der Waals surface area contributed by atoms with Crippen LogP contribution in [0.2, 0.25) is 0 Å². The molecule has 0 unspecified atom stereocenters. The largest absolute Gasteiger partial charge is 0.401 e. The van der Waals surface area contributed by atoms with Gasteiger partial charge in [0.15, 0.2) is 0 Å². The minimum Gasteiger partial charge on any atom is -0.320 e. The molecule has 0 aromatic carbocycles. The highest BCUT2D eigenvalue weighted by atomic mass is 19.4. The summed E-state index contributed by atoms with van der Waals surface area (Å²) in [5.41, 5.74) is 0. The molecule has 0 aliphatic rings. The summed E-state index contributed by atoms with van der Waals surface area (Å²) in [6.45, 7) is 0.404. The molecule has 0 saturated heterocycles. The van der Waals surface area contributed by atoms with Crippen LogP contribution < -0.4 is 10.6 Å². The minimum absolute atomic E-state index is 0.432. The topological polar surface area (TPSA) is 24.1 Å². The standard InChI is InChI=1S/C7H15F3N2/c1-11-4-2-3-5-12-6-7(8,9)10/h11-12H,2-6H2,1H3. The summed E-state index contributed by atoms with van der Waals surface area (Å²) in [6.07, 6.45) is -2.40. The van der Waals surface area contributed by atoms with Gasteiger partial charge in [-0.15, -0.1) is 0 Å². The summed E-state index contributed by atoms with van der Waals surface area (Å²) in [6, 6.07) is 0. The molecule has 0 atom stereocenters. The molecule has 0 rings (SSSR count). The first-order valence-electron chi connectivity index (χ1n) is 3.98. The predicted octanol–water partition coefficient (Wildman–Crippen LogP) is 1.14. The molecule has 0 aliphatic carbocycles. The van der Waals surface area contributed by atoms with Gasteiger partial charge < -0.3 is 10.6 Å². The molecular weight excluding hydrogens is 169 g/mol. The SMILES string of the molecule is CNCCCCNCC(F)(F)F. The van der Waals surface area contributed by atoms with Crippen LogP contribution in [0.15, 0.2) is 0 Å². The highest BCUT2D eigenvalue weighted by molar-refractivity contribution is 4.55.